The van der Waals surface area contributed by atoms with E-state index in [0.717, 1.165) is 5.75 Å². The minimum absolute atomic E-state index is 0.176. The van der Waals surface area contributed by atoms with Crippen molar-refractivity contribution in [3.63, 3.8) is 0 Å². The number of nitriles is 1. The molecule has 86 valence electrons. The maximum Gasteiger partial charge on any atom is 0.119 e. The molecule has 1 aromatic heterocycles. The monoisotopic (exact) mass is 227 g/mol. The lowest BCUT2D eigenvalue weighted by Gasteiger charge is -2.11. The molecule has 0 saturated carbocycles. The summed E-state index contributed by atoms with van der Waals surface area (Å²) in [5.74, 6) is 0.614. The molecule has 1 aromatic carbocycles. The topological polar surface area (TPSA) is 50.8 Å². The van der Waals surface area contributed by atoms with E-state index in [2.05, 4.69) is 11.1 Å². The summed E-state index contributed by atoms with van der Waals surface area (Å²) in [5, 5.41) is 9.04. The molecule has 0 aliphatic heterocycles. The summed E-state index contributed by atoms with van der Waals surface area (Å²) in [6.45, 7) is 0.988. The summed E-state index contributed by atoms with van der Waals surface area (Å²) in [7, 11) is 0. The third kappa shape index (κ3) is 3.35. The number of imidazole rings is 1. The van der Waals surface area contributed by atoms with Crippen LogP contribution in [0, 0.1) is 17.2 Å². The van der Waals surface area contributed by atoms with Gasteiger partial charge in [0.1, 0.15) is 12.4 Å². The van der Waals surface area contributed by atoms with Gasteiger partial charge >= 0.3 is 0 Å². The third-order valence-corrected chi connectivity index (χ3v) is 2.37. The number of aromatic nitrogens is 2. The number of para-hydroxylation sites is 1. The first kappa shape index (κ1) is 11.2. The van der Waals surface area contributed by atoms with Gasteiger partial charge < -0.3 is 9.30 Å². The van der Waals surface area contributed by atoms with Crippen molar-refractivity contribution in [2.24, 2.45) is 5.92 Å². The zero-order valence-corrected chi connectivity index (χ0v) is 9.36. The SMILES string of the molecule is N#CC(COc1ccccc1)Cn1ccnc1. The van der Waals surface area contributed by atoms with Gasteiger partial charge in [0.05, 0.1) is 18.3 Å². The number of hydrogen-bond acceptors (Lipinski definition) is 3. The van der Waals surface area contributed by atoms with E-state index in [1.165, 1.54) is 0 Å². The van der Waals surface area contributed by atoms with Gasteiger partial charge in [0.2, 0.25) is 0 Å². The minimum atomic E-state index is -0.176. The van der Waals surface area contributed by atoms with E-state index in [-0.39, 0.29) is 5.92 Å². The molecule has 1 heterocycles. The molecule has 1 atom stereocenters. The van der Waals surface area contributed by atoms with Crippen molar-refractivity contribution >= 4 is 0 Å². The van der Waals surface area contributed by atoms with Crippen LogP contribution in [0.25, 0.3) is 0 Å². The Labute approximate surface area is 100 Å². The molecule has 0 aliphatic rings. The lowest BCUT2D eigenvalue weighted by Crippen LogP contribution is -2.16. The average Bonchev–Trinajstić information content (AvgIpc) is 2.88. The normalized spacial score (nSPS) is 11.7. The molecule has 0 amide bonds. The molecule has 0 fully saturated rings. The van der Waals surface area contributed by atoms with Gasteiger partial charge in [-0.3, -0.25) is 0 Å². The van der Waals surface area contributed by atoms with Crippen molar-refractivity contribution in [3.8, 4) is 11.8 Å². The Bertz CT molecular complexity index is 473. The zero-order chi connectivity index (χ0) is 11.9. The van der Waals surface area contributed by atoms with E-state index in [0.29, 0.717) is 13.2 Å². The predicted octanol–water partition coefficient (Wildman–Crippen LogP) is 2.10. The van der Waals surface area contributed by atoms with Crippen LogP contribution >= 0.6 is 0 Å². The zero-order valence-electron chi connectivity index (χ0n) is 9.36. The lowest BCUT2D eigenvalue weighted by atomic mass is 10.2. The minimum Gasteiger partial charge on any atom is -0.492 e. The molecule has 0 radical (unpaired) electrons. The molecule has 0 aliphatic carbocycles. The Morgan fingerprint density at radius 2 is 2.18 bits per heavy atom. The Kier molecular flexibility index (Phi) is 3.77. The van der Waals surface area contributed by atoms with Crippen molar-refractivity contribution < 1.29 is 4.74 Å². The fraction of sp³-hybridized carbons (Fsp3) is 0.231. The number of ether oxygens (including phenoxy) is 1. The Morgan fingerprint density at radius 3 is 2.82 bits per heavy atom. The summed E-state index contributed by atoms with van der Waals surface area (Å²) in [6, 6.07) is 11.7. The van der Waals surface area contributed by atoms with E-state index in [9.17, 15) is 0 Å². The number of hydrogen-bond donors (Lipinski definition) is 0. The van der Waals surface area contributed by atoms with Gasteiger partial charge in [0.15, 0.2) is 0 Å². The number of rotatable bonds is 5. The highest BCUT2D eigenvalue weighted by atomic mass is 16.5. The molecule has 2 rings (SSSR count). The quantitative estimate of drug-likeness (QED) is 0.786. The van der Waals surface area contributed by atoms with Gasteiger partial charge in [-0.2, -0.15) is 5.26 Å². The van der Waals surface area contributed by atoms with Crippen LogP contribution in [0.2, 0.25) is 0 Å². The molecule has 4 heteroatoms. The Morgan fingerprint density at radius 1 is 1.35 bits per heavy atom. The van der Waals surface area contributed by atoms with Gasteiger partial charge in [-0.15, -0.1) is 0 Å². The van der Waals surface area contributed by atoms with Crippen LogP contribution in [0.1, 0.15) is 0 Å². The first-order valence-corrected chi connectivity index (χ1v) is 5.41. The summed E-state index contributed by atoms with van der Waals surface area (Å²) in [6.07, 6.45) is 5.24. The van der Waals surface area contributed by atoms with Crippen LogP contribution in [0.5, 0.6) is 5.75 Å². The molecular weight excluding hydrogens is 214 g/mol. The standard InChI is InChI=1S/C13H13N3O/c14-8-12(9-16-7-6-15-11-16)10-17-13-4-2-1-3-5-13/h1-7,11-12H,9-10H2. The molecular formula is C13H13N3O. The maximum absolute atomic E-state index is 9.04. The van der Waals surface area contributed by atoms with Crippen molar-refractivity contribution in [2.45, 2.75) is 6.54 Å². The van der Waals surface area contributed by atoms with Crippen LogP contribution in [-0.2, 0) is 6.54 Å². The fourth-order valence-electron chi connectivity index (χ4n) is 1.49. The Hall–Kier alpha value is -2.28. The second-order valence-electron chi connectivity index (χ2n) is 3.71. The highest BCUT2D eigenvalue weighted by molar-refractivity contribution is 5.21. The first-order valence-electron chi connectivity index (χ1n) is 5.41. The van der Waals surface area contributed by atoms with E-state index in [4.69, 9.17) is 10.00 Å². The second-order valence-corrected chi connectivity index (χ2v) is 3.71. The van der Waals surface area contributed by atoms with Gasteiger partial charge in [0.25, 0.3) is 0 Å². The fourth-order valence-corrected chi connectivity index (χ4v) is 1.49. The van der Waals surface area contributed by atoms with Crippen molar-refractivity contribution in [2.75, 3.05) is 6.61 Å². The van der Waals surface area contributed by atoms with E-state index < -0.39 is 0 Å². The molecule has 1 unspecified atom stereocenters. The van der Waals surface area contributed by atoms with Gasteiger partial charge in [0, 0.05) is 18.9 Å². The molecule has 0 bridgehead atoms. The molecule has 4 nitrogen and oxygen atoms in total. The van der Waals surface area contributed by atoms with Gasteiger partial charge in [-0.05, 0) is 12.1 Å². The smallest absolute Gasteiger partial charge is 0.119 e. The summed E-state index contributed by atoms with van der Waals surface area (Å²) in [5.41, 5.74) is 0. The first-order chi connectivity index (χ1) is 8.38. The number of nitrogens with zero attached hydrogens (tertiary/aromatic N) is 3. The van der Waals surface area contributed by atoms with Crippen molar-refractivity contribution in [1.29, 1.82) is 5.26 Å². The van der Waals surface area contributed by atoms with Crippen molar-refractivity contribution in [1.82, 2.24) is 9.55 Å². The van der Waals surface area contributed by atoms with Crippen LogP contribution in [0.4, 0.5) is 0 Å². The molecule has 0 saturated heterocycles. The van der Waals surface area contributed by atoms with Gasteiger partial charge in [-0.1, -0.05) is 18.2 Å². The van der Waals surface area contributed by atoms with Gasteiger partial charge in [-0.25, -0.2) is 4.98 Å². The maximum atomic E-state index is 9.04. The number of benzene rings is 1. The van der Waals surface area contributed by atoms with Crippen molar-refractivity contribution in [3.05, 3.63) is 49.1 Å². The van der Waals surface area contributed by atoms with Crippen LogP contribution < -0.4 is 4.74 Å². The van der Waals surface area contributed by atoms with Crippen LogP contribution in [0.3, 0.4) is 0 Å². The van der Waals surface area contributed by atoms with E-state index >= 15 is 0 Å². The predicted molar refractivity (Wildman–Crippen MR) is 63.3 cm³/mol. The van der Waals surface area contributed by atoms with E-state index in [1.54, 1.807) is 12.5 Å². The molecule has 0 N–H and O–H groups in total. The van der Waals surface area contributed by atoms with Crippen LogP contribution in [0.15, 0.2) is 49.1 Å². The summed E-state index contributed by atoms with van der Waals surface area (Å²) >= 11 is 0. The highest BCUT2D eigenvalue weighted by Crippen LogP contribution is 2.10. The second kappa shape index (κ2) is 5.71. The summed E-state index contributed by atoms with van der Waals surface area (Å²) in [4.78, 5) is 3.94. The molecule has 2 aromatic rings. The highest BCUT2D eigenvalue weighted by Gasteiger charge is 2.09. The summed E-state index contributed by atoms with van der Waals surface area (Å²) < 4.78 is 7.43. The lowest BCUT2D eigenvalue weighted by molar-refractivity contribution is 0.265. The largest absolute Gasteiger partial charge is 0.492 e. The van der Waals surface area contributed by atoms with Crippen LogP contribution in [-0.4, -0.2) is 16.2 Å². The molecule has 0 spiro atoms. The Balaban J connectivity index is 1.87. The van der Waals surface area contributed by atoms with E-state index in [1.807, 2.05) is 41.1 Å². The average molecular weight is 227 g/mol. The molecule has 17 heavy (non-hydrogen) atoms. The third-order valence-electron chi connectivity index (χ3n) is 2.37.